The van der Waals surface area contributed by atoms with Crippen molar-refractivity contribution in [1.29, 1.82) is 0 Å². The van der Waals surface area contributed by atoms with E-state index in [1.54, 1.807) is 7.11 Å². The number of nitrogens with one attached hydrogen (secondary N) is 1. The average molecular weight is 252 g/mol. The van der Waals surface area contributed by atoms with E-state index in [1.165, 1.54) is 12.0 Å². The number of aromatic nitrogens is 1. The summed E-state index contributed by atoms with van der Waals surface area (Å²) in [4.78, 5) is 0. The third kappa shape index (κ3) is 5.69. The van der Waals surface area contributed by atoms with Crippen molar-refractivity contribution in [2.75, 3.05) is 20.3 Å². The van der Waals surface area contributed by atoms with E-state index in [2.05, 4.69) is 49.1 Å². The van der Waals surface area contributed by atoms with Gasteiger partial charge in [-0.2, -0.15) is 0 Å². The average Bonchev–Trinajstić information content (AvgIpc) is 2.75. The maximum Gasteiger partial charge on any atom is 0.0467 e. The maximum absolute atomic E-state index is 5.14. The molecule has 0 saturated heterocycles. The number of nitrogens with zero attached hydrogens (tertiary/aromatic N) is 1. The Labute approximate surface area is 112 Å². The van der Waals surface area contributed by atoms with Gasteiger partial charge in [0.05, 0.1) is 0 Å². The highest BCUT2D eigenvalue weighted by molar-refractivity contribution is 5.09. The van der Waals surface area contributed by atoms with Crippen LogP contribution in [0.4, 0.5) is 0 Å². The SMILES string of the molecule is CCCn1ccc(CNCC(C)(C)CCOC)c1. The lowest BCUT2D eigenvalue weighted by atomic mass is 9.90. The molecule has 0 aliphatic carbocycles. The fourth-order valence-electron chi connectivity index (χ4n) is 2.00. The van der Waals surface area contributed by atoms with E-state index in [9.17, 15) is 0 Å². The predicted molar refractivity (Wildman–Crippen MR) is 76.7 cm³/mol. The normalized spacial score (nSPS) is 12.0. The van der Waals surface area contributed by atoms with Crippen LogP contribution in [0, 0.1) is 5.41 Å². The van der Waals surface area contributed by atoms with E-state index in [-0.39, 0.29) is 0 Å². The fourth-order valence-corrected chi connectivity index (χ4v) is 2.00. The number of methoxy groups -OCH3 is 1. The van der Waals surface area contributed by atoms with Crippen LogP contribution in [-0.2, 0) is 17.8 Å². The van der Waals surface area contributed by atoms with Crippen LogP contribution in [0.2, 0.25) is 0 Å². The Morgan fingerprint density at radius 3 is 2.83 bits per heavy atom. The van der Waals surface area contributed by atoms with E-state index < -0.39 is 0 Å². The van der Waals surface area contributed by atoms with Gasteiger partial charge in [0.25, 0.3) is 0 Å². The summed E-state index contributed by atoms with van der Waals surface area (Å²) in [7, 11) is 1.76. The Morgan fingerprint density at radius 2 is 2.17 bits per heavy atom. The molecule has 1 aromatic heterocycles. The van der Waals surface area contributed by atoms with Gasteiger partial charge < -0.3 is 14.6 Å². The second-order valence-corrected chi connectivity index (χ2v) is 5.77. The van der Waals surface area contributed by atoms with Gasteiger partial charge in [-0.05, 0) is 29.9 Å². The predicted octanol–water partition coefficient (Wildman–Crippen LogP) is 3.05. The highest BCUT2D eigenvalue weighted by Crippen LogP contribution is 2.18. The number of aryl methyl sites for hydroxylation is 1. The second-order valence-electron chi connectivity index (χ2n) is 5.77. The lowest BCUT2D eigenvalue weighted by Crippen LogP contribution is -2.30. The van der Waals surface area contributed by atoms with Crippen molar-refractivity contribution in [3.8, 4) is 0 Å². The highest BCUT2D eigenvalue weighted by Gasteiger charge is 2.16. The molecule has 0 spiro atoms. The highest BCUT2D eigenvalue weighted by atomic mass is 16.5. The molecule has 3 heteroatoms. The van der Waals surface area contributed by atoms with Crippen LogP contribution in [0.1, 0.15) is 39.2 Å². The van der Waals surface area contributed by atoms with E-state index in [1.807, 2.05) is 0 Å². The van der Waals surface area contributed by atoms with Crippen LogP contribution in [0.25, 0.3) is 0 Å². The Morgan fingerprint density at radius 1 is 1.39 bits per heavy atom. The standard InChI is InChI=1S/C15H28N2O/c1-5-8-17-9-6-14(12-17)11-16-13-15(2,3)7-10-18-4/h6,9,12,16H,5,7-8,10-11,13H2,1-4H3. The van der Waals surface area contributed by atoms with Gasteiger partial charge in [-0.15, -0.1) is 0 Å². The molecule has 18 heavy (non-hydrogen) atoms. The largest absolute Gasteiger partial charge is 0.385 e. The van der Waals surface area contributed by atoms with Gasteiger partial charge in [-0.3, -0.25) is 0 Å². The molecule has 1 rings (SSSR count). The van der Waals surface area contributed by atoms with Crippen LogP contribution in [0.3, 0.4) is 0 Å². The summed E-state index contributed by atoms with van der Waals surface area (Å²) in [6.45, 7) is 10.7. The summed E-state index contributed by atoms with van der Waals surface area (Å²) in [6.07, 6.45) is 6.67. The number of ether oxygens (including phenoxy) is 1. The first-order chi connectivity index (χ1) is 8.57. The van der Waals surface area contributed by atoms with Crippen molar-refractivity contribution >= 4 is 0 Å². The Balaban J connectivity index is 2.27. The summed E-state index contributed by atoms with van der Waals surface area (Å²) >= 11 is 0. The molecule has 1 N–H and O–H groups in total. The first-order valence-electron chi connectivity index (χ1n) is 6.92. The molecule has 0 aliphatic rings. The van der Waals surface area contributed by atoms with Gasteiger partial charge in [-0.25, -0.2) is 0 Å². The minimum Gasteiger partial charge on any atom is -0.385 e. The first kappa shape index (κ1) is 15.3. The van der Waals surface area contributed by atoms with Crippen molar-refractivity contribution in [3.05, 3.63) is 24.0 Å². The van der Waals surface area contributed by atoms with Gasteiger partial charge in [0.15, 0.2) is 0 Å². The van der Waals surface area contributed by atoms with E-state index in [0.717, 1.165) is 32.7 Å². The zero-order valence-corrected chi connectivity index (χ0v) is 12.3. The Bertz CT molecular complexity index is 331. The zero-order chi connectivity index (χ0) is 13.4. The molecule has 0 aliphatic heterocycles. The summed E-state index contributed by atoms with van der Waals surface area (Å²) in [5.74, 6) is 0. The Kier molecular flexibility index (Phi) is 6.44. The minimum atomic E-state index is 0.294. The molecule has 0 amide bonds. The summed E-state index contributed by atoms with van der Waals surface area (Å²) in [5, 5.41) is 3.54. The molecular weight excluding hydrogens is 224 g/mol. The van der Waals surface area contributed by atoms with Gasteiger partial charge in [0.1, 0.15) is 0 Å². The van der Waals surface area contributed by atoms with Crippen LogP contribution < -0.4 is 5.32 Å². The lowest BCUT2D eigenvalue weighted by Gasteiger charge is -2.24. The van der Waals surface area contributed by atoms with Crippen molar-refractivity contribution in [2.24, 2.45) is 5.41 Å². The Hall–Kier alpha value is -0.800. The molecule has 0 fully saturated rings. The molecule has 1 aromatic rings. The molecule has 1 heterocycles. The molecular formula is C15H28N2O. The number of hydrogen-bond acceptors (Lipinski definition) is 2. The molecule has 0 atom stereocenters. The van der Waals surface area contributed by atoms with Gasteiger partial charge in [0, 0.05) is 45.7 Å². The van der Waals surface area contributed by atoms with E-state index >= 15 is 0 Å². The fraction of sp³-hybridized carbons (Fsp3) is 0.733. The van der Waals surface area contributed by atoms with Gasteiger partial charge >= 0.3 is 0 Å². The van der Waals surface area contributed by atoms with E-state index in [0.29, 0.717) is 5.41 Å². The second kappa shape index (κ2) is 7.59. The van der Waals surface area contributed by atoms with Crippen LogP contribution in [-0.4, -0.2) is 24.8 Å². The maximum atomic E-state index is 5.14. The smallest absolute Gasteiger partial charge is 0.0467 e. The third-order valence-corrected chi connectivity index (χ3v) is 3.21. The summed E-state index contributed by atoms with van der Waals surface area (Å²) < 4.78 is 7.40. The quantitative estimate of drug-likeness (QED) is 0.731. The monoisotopic (exact) mass is 252 g/mol. The molecule has 0 bridgehead atoms. The van der Waals surface area contributed by atoms with Crippen LogP contribution >= 0.6 is 0 Å². The number of rotatable bonds is 9. The van der Waals surface area contributed by atoms with Gasteiger partial charge in [0.2, 0.25) is 0 Å². The zero-order valence-electron chi connectivity index (χ0n) is 12.3. The molecule has 0 saturated carbocycles. The summed E-state index contributed by atoms with van der Waals surface area (Å²) in [5.41, 5.74) is 1.66. The minimum absolute atomic E-state index is 0.294. The molecule has 0 unspecified atom stereocenters. The molecule has 3 nitrogen and oxygen atoms in total. The van der Waals surface area contributed by atoms with Crippen LogP contribution in [0.15, 0.2) is 18.5 Å². The lowest BCUT2D eigenvalue weighted by molar-refractivity contribution is 0.150. The molecule has 0 aromatic carbocycles. The molecule has 0 radical (unpaired) electrons. The van der Waals surface area contributed by atoms with Gasteiger partial charge in [-0.1, -0.05) is 20.8 Å². The van der Waals surface area contributed by atoms with E-state index in [4.69, 9.17) is 4.74 Å². The third-order valence-electron chi connectivity index (χ3n) is 3.21. The van der Waals surface area contributed by atoms with Crippen molar-refractivity contribution in [3.63, 3.8) is 0 Å². The first-order valence-corrected chi connectivity index (χ1v) is 6.92. The topological polar surface area (TPSA) is 26.2 Å². The van der Waals surface area contributed by atoms with Crippen LogP contribution in [0.5, 0.6) is 0 Å². The summed E-state index contributed by atoms with van der Waals surface area (Å²) in [6, 6.07) is 2.20. The van der Waals surface area contributed by atoms with Crippen molar-refractivity contribution in [1.82, 2.24) is 9.88 Å². The van der Waals surface area contributed by atoms with Crippen molar-refractivity contribution in [2.45, 2.75) is 46.7 Å². The molecule has 104 valence electrons. The van der Waals surface area contributed by atoms with Crippen molar-refractivity contribution < 1.29 is 4.74 Å². The number of hydrogen-bond donors (Lipinski definition) is 1.